The lowest BCUT2D eigenvalue weighted by Gasteiger charge is -2.33. The van der Waals surface area contributed by atoms with E-state index >= 15 is 0 Å². The molecule has 190 valence electrons. The number of benzene rings is 2. The Balaban J connectivity index is 1.36. The number of piperidine rings is 1. The SMILES string of the molecule is CC=C1NC(=O)CCC1N1Cc2cc(CNC(=O)Nc3ccc(SC(F)(F)F)c(Cl)c3)ccc2C1=O. The maximum absolute atomic E-state index is 13.0. The van der Waals surface area contributed by atoms with Crippen LogP contribution in [0.3, 0.4) is 0 Å². The van der Waals surface area contributed by atoms with Crippen molar-refractivity contribution in [1.82, 2.24) is 15.5 Å². The zero-order chi connectivity index (χ0) is 26.0. The molecule has 1 saturated heterocycles. The Hall–Kier alpha value is -3.18. The molecular formula is C24H22ClF3N4O3S. The van der Waals surface area contributed by atoms with Gasteiger partial charge in [-0.05, 0) is 60.5 Å². The van der Waals surface area contributed by atoms with Crippen molar-refractivity contribution < 1.29 is 27.6 Å². The first-order valence-electron chi connectivity index (χ1n) is 11.0. The summed E-state index contributed by atoms with van der Waals surface area (Å²) in [6.45, 7) is 2.38. The van der Waals surface area contributed by atoms with Gasteiger partial charge in [-0.3, -0.25) is 9.59 Å². The third-order valence-corrected chi connectivity index (χ3v) is 7.08. The number of halogens is 4. The topological polar surface area (TPSA) is 90.5 Å². The molecule has 0 saturated carbocycles. The van der Waals surface area contributed by atoms with E-state index in [-0.39, 0.29) is 51.8 Å². The molecule has 2 aliphatic rings. The van der Waals surface area contributed by atoms with Gasteiger partial charge in [0.25, 0.3) is 5.91 Å². The number of nitrogens with zero attached hydrogens (tertiary/aromatic N) is 1. The molecule has 4 rings (SSSR count). The summed E-state index contributed by atoms with van der Waals surface area (Å²) in [5.41, 5.74) is -1.31. The van der Waals surface area contributed by atoms with E-state index < -0.39 is 11.5 Å². The lowest BCUT2D eigenvalue weighted by atomic mass is 10.0. The Morgan fingerprint density at radius 1 is 1.25 bits per heavy atom. The lowest BCUT2D eigenvalue weighted by Crippen LogP contribution is -2.46. The number of nitrogens with one attached hydrogen (secondary N) is 3. The fourth-order valence-corrected chi connectivity index (χ4v) is 5.06. The van der Waals surface area contributed by atoms with Crippen molar-refractivity contribution >= 4 is 46.9 Å². The summed E-state index contributed by atoms with van der Waals surface area (Å²) >= 11 is 5.58. The van der Waals surface area contributed by atoms with Crippen LogP contribution in [-0.4, -0.2) is 34.3 Å². The molecule has 4 amide bonds. The Bertz CT molecular complexity index is 1250. The van der Waals surface area contributed by atoms with Crippen molar-refractivity contribution in [2.75, 3.05) is 5.32 Å². The predicted octanol–water partition coefficient (Wildman–Crippen LogP) is 5.41. The first kappa shape index (κ1) is 25.9. The Morgan fingerprint density at radius 3 is 2.72 bits per heavy atom. The fraction of sp³-hybridized carbons (Fsp3) is 0.292. The number of rotatable bonds is 5. The van der Waals surface area contributed by atoms with Crippen LogP contribution in [0.2, 0.25) is 5.02 Å². The lowest BCUT2D eigenvalue weighted by molar-refractivity contribution is -0.121. The second-order valence-corrected chi connectivity index (χ2v) is 9.79. The molecule has 7 nitrogen and oxygen atoms in total. The summed E-state index contributed by atoms with van der Waals surface area (Å²) in [6.07, 6.45) is 2.71. The number of urea groups is 1. The van der Waals surface area contributed by atoms with Gasteiger partial charge in [0.2, 0.25) is 5.91 Å². The summed E-state index contributed by atoms with van der Waals surface area (Å²) in [4.78, 5) is 38.6. The highest BCUT2D eigenvalue weighted by Crippen LogP contribution is 2.41. The van der Waals surface area contributed by atoms with Crippen LogP contribution in [0.1, 0.15) is 41.3 Å². The number of thioether (sulfide) groups is 1. The van der Waals surface area contributed by atoms with E-state index in [2.05, 4.69) is 16.0 Å². The molecule has 1 fully saturated rings. The average Bonchev–Trinajstić information content (AvgIpc) is 3.14. The molecular weight excluding hydrogens is 517 g/mol. The molecule has 0 radical (unpaired) electrons. The zero-order valence-corrected chi connectivity index (χ0v) is 20.6. The van der Waals surface area contributed by atoms with Crippen molar-refractivity contribution in [2.24, 2.45) is 0 Å². The van der Waals surface area contributed by atoms with Crippen molar-refractivity contribution in [3.63, 3.8) is 0 Å². The van der Waals surface area contributed by atoms with Gasteiger partial charge < -0.3 is 20.9 Å². The standard InChI is InChI=1S/C24H22ClF3N4O3S/c1-2-18-19(6-8-21(33)31-18)32-12-14-9-13(3-5-16(14)22(32)34)11-29-23(35)30-15-4-7-20(17(25)10-15)36-24(26,27)28/h2-5,7,9-10,19H,6,8,11-12H2,1H3,(H,31,33)(H2,29,30,35). The first-order chi connectivity index (χ1) is 17.0. The molecule has 1 unspecified atom stereocenters. The van der Waals surface area contributed by atoms with Crippen LogP contribution >= 0.6 is 23.4 Å². The third-order valence-electron chi connectivity index (χ3n) is 5.84. The molecule has 3 N–H and O–H groups in total. The quantitative estimate of drug-likeness (QED) is 0.444. The molecule has 0 bridgehead atoms. The van der Waals surface area contributed by atoms with Gasteiger partial charge in [0, 0.05) is 41.4 Å². The van der Waals surface area contributed by atoms with Crippen LogP contribution in [0, 0.1) is 0 Å². The van der Waals surface area contributed by atoms with Crippen LogP contribution < -0.4 is 16.0 Å². The highest BCUT2D eigenvalue weighted by atomic mass is 35.5. The zero-order valence-electron chi connectivity index (χ0n) is 19.0. The number of hydrogen-bond acceptors (Lipinski definition) is 4. The van der Waals surface area contributed by atoms with Crippen molar-refractivity contribution in [3.05, 3.63) is 69.9 Å². The van der Waals surface area contributed by atoms with E-state index in [1.54, 1.807) is 17.0 Å². The molecule has 2 aromatic rings. The monoisotopic (exact) mass is 538 g/mol. The van der Waals surface area contributed by atoms with Crippen molar-refractivity contribution in [1.29, 1.82) is 0 Å². The summed E-state index contributed by atoms with van der Waals surface area (Å²) < 4.78 is 37.6. The van der Waals surface area contributed by atoms with E-state index in [4.69, 9.17) is 11.6 Å². The highest BCUT2D eigenvalue weighted by Gasteiger charge is 2.36. The fourth-order valence-electron chi connectivity index (χ4n) is 4.22. The van der Waals surface area contributed by atoms with Crippen molar-refractivity contribution in [2.45, 2.75) is 49.3 Å². The van der Waals surface area contributed by atoms with E-state index in [9.17, 15) is 27.6 Å². The molecule has 1 atom stereocenters. The largest absolute Gasteiger partial charge is 0.446 e. The molecule has 2 aromatic carbocycles. The maximum Gasteiger partial charge on any atom is 0.446 e. The van der Waals surface area contributed by atoms with E-state index in [0.717, 1.165) is 16.8 Å². The normalized spacial score (nSPS) is 18.8. The van der Waals surface area contributed by atoms with Gasteiger partial charge in [-0.25, -0.2) is 4.79 Å². The molecule has 2 heterocycles. The summed E-state index contributed by atoms with van der Waals surface area (Å²) in [6, 6.07) is 8.34. The van der Waals surface area contributed by atoms with Crippen LogP contribution in [0.15, 0.2) is 53.1 Å². The molecule has 36 heavy (non-hydrogen) atoms. The third kappa shape index (κ3) is 5.96. The maximum atomic E-state index is 13.0. The summed E-state index contributed by atoms with van der Waals surface area (Å²) in [5, 5.41) is 7.94. The smallest absolute Gasteiger partial charge is 0.334 e. The number of carbonyl (C=O) groups is 3. The molecule has 0 aliphatic carbocycles. The number of hydrogen-bond donors (Lipinski definition) is 3. The minimum atomic E-state index is -4.46. The number of allylic oxidation sites excluding steroid dienone is 1. The number of anilines is 1. The summed E-state index contributed by atoms with van der Waals surface area (Å²) in [7, 11) is 0. The molecule has 12 heteroatoms. The van der Waals surface area contributed by atoms with Gasteiger partial charge in [0.15, 0.2) is 0 Å². The minimum Gasteiger partial charge on any atom is -0.334 e. The van der Waals surface area contributed by atoms with E-state index in [0.29, 0.717) is 24.9 Å². The first-order valence-corrected chi connectivity index (χ1v) is 12.2. The Labute approximate surface area is 214 Å². The van der Waals surface area contributed by atoms with Crippen molar-refractivity contribution in [3.8, 4) is 0 Å². The average molecular weight is 539 g/mol. The molecule has 0 spiro atoms. The van der Waals surface area contributed by atoms with Crippen LogP contribution in [-0.2, 0) is 17.9 Å². The van der Waals surface area contributed by atoms with E-state index in [1.807, 2.05) is 19.1 Å². The predicted molar refractivity (Wildman–Crippen MR) is 130 cm³/mol. The van der Waals surface area contributed by atoms with Gasteiger partial charge in [-0.1, -0.05) is 29.8 Å². The number of alkyl halides is 3. The molecule has 0 aromatic heterocycles. The molecule has 2 aliphatic heterocycles. The van der Waals surface area contributed by atoms with Crippen LogP contribution in [0.25, 0.3) is 0 Å². The van der Waals surface area contributed by atoms with Crippen LogP contribution in [0.5, 0.6) is 0 Å². The Kier molecular flexibility index (Phi) is 7.51. The summed E-state index contributed by atoms with van der Waals surface area (Å²) in [5.74, 6) is -0.166. The van der Waals surface area contributed by atoms with Crippen LogP contribution in [0.4, 0.5) is 23.7 Å². The second-order valence-electron chi connectivity index (χ2n) is 8.27. The van der Waals surface area contributed by atoms with Gasteiger partial charge in [-0.15, -0.1) is 0 Å². The number of carbonyl (C=O) groups excluding carboxylic acids is 3. The van der Waals surface area contributed by atoms with Gasteiger partial charge >= 0.3 is 11.5 Å². The van der Waals surface area contributed by atoms with Gasteiger partial charge in [-0.2, -0.15) is 13.2 Å². The number of fused-ring (bicyclic) bond motifs is 1. The second kappa shape index (κ2) is 10.4. The highest BCUT2D eigenvalue weighted by molar-refractivity contribution is 8.00. The number of amides is 4. The van der Waals surface area contributed by atoms with Gasteiger partial charge in [0.05, 0.1) is 11.1 Å². The van der Waals surface area contributed by atoms with Gasteiger partial charge in [0.1, 0.15) is 0 Å². The van der Waals surface area contributed by atoms with E-state index in [1.165, 1.54) is 18.2 Å². The minimum absolute atomic E-state index is 0.0615. The Morgan fingerprint density at radius 2 is 2.03 bits per heavy atom.